The summed E-state index contributed by atoms with van der Waals surface area (Å²) in [6.45, 7) is 6.72. The Morgan fingerprint density at radius 2 is 1.86 bits per heavy atom. The molecule has 1 amide bonds. The van der Waals surface area contributed by atoms with Crippen LogP contribution in [0.5, 0.6) is 5.75 Å². The fourth-order valence-electron chi connectivity index (χ4n) is 2.93. The van der Waals surface area contributed by atoms with Crippen molar-refractivity contribution in [2.45, 2.75) is 13.8 Å². The summed E-state index contributed by atoms with van der Waals surface area (Å²) in [5.41, 5.74) is 4.66. The number of anilines is 1. The minimum absolute atomic E-state index is 0.313. The highest BCUT2D eigenvalue weighted by atomic mass is 19.1. The summed E-state index contributed by atoms with van der Waals surface area (Å²) in [7, 11) is 0. The molecule has 0 aromatic heterocycles. The molecule has 0 unspecified atom stereocenters. The molecule has 2 aromatic rings. The lowest BCUT2D eigenvalue weighted by Crippen LogP contribution is -2.36. The molecule has 1 heterocycles. The van der Waals surface area contributed by atoms with Gasteiger partial charge in [-0.15, -0.1) is 0 Å². The van der Waals surface area contributed by atoms with Gasteiger partial charge in [0.05, 0.1) is 31.2 Å². The van der Waals surface area contributed by atoms with E-state index in [1.165, 1.54) is 6.07 Å². The molecule has 148 valence electrons. The molecule has 0 aliphatic carbocycles. The fourth-order valence-corrected chi connectivity index (χ4v) is 2.93. The number of nitrogens with one attached hydrogen (secondary N) is 1. The first-order valence-electron chi connectivity index (χ1n) is 9.28. The Hall–Kier alpha value is -2.93. The Balaban J connectivity index is 1.65. The van der Waals surface area contributed by atoms with Gasteiger partial charge in [0.15, 0.2) is 0 Å². The maximum absolute atomic E-state index is 14.5. The van der Waals surface area contributed by atoms with E-state index in [0.717, 1.165) is 0 Å². The summed E-state index contributed by atoms with van der Waals surface area (Å²) < 4.78 is 25.2. The number of carbonyl (C=O) groups is 1. The molecule has 0 saturated carbocycles. The Labute approximate surface area is 163 Å². The molecule has 6 nitrogen and oxygen atoms in total. The van der Waals surface area contributed by atoms with Gasteiger partial charge >= 0.3 is 0 Å². The molecule has 3 rings (SSSR count). The number of rotatable bonds is 6. The topological polar surface area (TPSA) is 63.2 Å². The number of ether oxygens (including phenoxy) is 2. The van der Waals surface area contributed by atoms with Gasteiger partial charge in [-0.2, -0.15) is 5.10 Å². The molecular weight excluding hydrogens is 361 g/mol. The van der Waals surface area contributed by atoms with Gasteiger partial charge in [-0.05, 0) is 50.2 Å². The third-order valence-electron chi connectivity index (χ3n) is 4.47. The molecule has 0 atom stereocenters. The Morgan fingerprint density at radius 3 is 2.50 bits per heavy atom. The molecule has 1 N–H and O–H groups in total. The predicted molar refractivity (Wildman–Crippen MR) is 107 cm³/mol. The van der Waals surface area contributed by atoms with Crippen molar-refractivity contribution in [1.29, 1.82) is 0 Å². The van der Waals surface area contributed by atoms with E-state index >= 15 is 0 Å². The normalized spacial score (nSPS) is 14.7. The van der Waals surface area contributed by atoms with Crippen molar-refractivity contribution in [1.82, 2.24) is 5.43 Å². The summed E-state index contributed by atoms with van der Waals surface area (Å²) in [6, 6.07) is 11.8. The number of benzene rings is 2. The van der Waals surface area contributed by atoms with Crippen molar-refractivity contribution in [3.63, 3.8) is 0 Å². The van der Waals surface area contributed by atoms with Gasteiger partial charge in [-0.3, -0.25) is 4.79 Å². The summed E-state index contributed by atoms with van der Waals surface area (Å²) in [5, 5.41) is 4.10. The molecule has 1 aliphatic heterocycles. The molecule has 0 radical (unpaired) electrons. The zero-order valence-corrected chi connectivity index (χ0v) is 16.1. The third kappa shape index (κ3) is 4.86. The van der Waals surface area contributed by atoms with Crippen molar-refractivity contribution in [3.05, 3.63) is 59.4 Å². The van der Waals surface area contributed by atoms with E-state index in [0.29, 0.717) is 61.2 Å². The minimum atomic E-state index is -0.340. The average molecular weight is 385 g/mol. The summed E-state index contributed by atoms with van der Waals surface area (Å²) >= 11 is 0. The number of carbonyl (C=O) groups excluding carboxylic acids is 1. The van der Waals surface area contributed by atoms with Crippen LogP contribution in [0.25, 0.3) is 0 Å². The van der Waals surface area contributed by atoms with Crippen LogP contribution in [0, 0.1) is 5.82 Å². The zero-order chi connectivity index (χ0) is 19.9. The monoisotopic (exact) mass is 385 g/mol. The number of hydrogen-bond donors (Lipinski definition) is 1. The highest BCUT2D eigenvalue weighted by Gasteiger charge is 2.16. The third-order valence-corrected chi connectivity index (χ3v) is 4.47. The van der Waals surface area contributed by atoms with Crippen molar-refractivity contribution < 1.29 is 18.7 Å². The lowest BCUT2D eigenvalue weighted by molar-refractivity contribution is 0.0955. The van der Waals surface area contributed by atoms with Gasteiger partial charge in [0.25, 0.3) is 5.91 Å². The second-order valence-corrected chi connectivity index (χ2v) is 6.36. The maximum Gasteiger partial charge on any atom is 0.271 e. The highest BCUT2D eigenvalue weighted by molar-refractivity contribution is 6.01. The van der Waals surface area contributed by atoms with Gasteiger partial charge < -0.3 is 14.4 Å². The summed E-state index contributed by atoms with van der Waals surface area (Å²) in [6.07, 6.45) is 0. The molecule has 28 heavy (non-hydrogen) atoms. The number of halogens is 1. The maximum atomic E-state index is 14.5. The number of hydrazone groups is 1. The van der Waals surface area contributed by atoms with Crippen LogP contribution < -0.4 is 15.1 Å². The molecular formula is C21H24FN3O3. The van der Waals surface area contributed by atoms with Gasteiger partial charge in [0.2, 0.25) is 0 Å². The number of hydrogen-bond acceptors (Lipinski definition) is 5. The van der Waals surface area contributed by atoms with E-state index in [1.54, 1.807) is 43.3 Å². The smallest absolute Gasteiger partial charge is 0.271 e. The predicted octanol–water partition coefficient (Wildman–Crippen LogP) is 3.22. The Kier molecular flexibility index (Phi) is 6.60. The van der Waals surface area contributed by atoms with Gasteiger partial charge in [-0.1, -0.05) is 6.07 Å². The largest absolute Gasteiger partial charge is 0.494 e. The van der Waals surface area contributed by atoms with Crippen molar-refractivity contribution in [2.24, 2.45) is 5.10 Å². The lowest BCUT2D eigenvalue weighted by atomic mass is 10.1. The molecule has 7 heteroatoms. The van der Waals surface area contributed by atoms with Crippen molar-refractivity contribution in [3.8, 4) is 5.75 Å². The minimum Gasteiger partial charge on any atom is -0.494 e. The first kappa shape index (κ1) is 19.8. The molecule has 0 bridgehead atoms. The first-order chi connectivity index (χ1) is 13.6. The second kappa shape index (κ2) is 9.32. The average Bonchev–Trinajstić information content (AvgIpc) is 2.73. The molecule has 1 aliphatic rings. The SMILES string of the molecule is CCOc1ccc(C(=O)N/N=C(/C)c2ccc(N3CCOCC3)c(F)c2)cc1. The van der Waals surface area contributed by atoms with Crippen molar-refractivity contribution >= 4 is 17.3 Å². The first-order valence-corrected chi connectivity index (χ1v) is 9.28. The molecule has 0 spiro atoms. The van der Waals surface area contributed by atoms with Crippen LogP contribution in [-0.4, -0.2) is 44.5 Å². The van der Waals surface area contributed by atoms with Crippen LogP contribution in [-0.2, 0) is 4.74 Å². The lowest BCUT2D eigenvalue weighted by Gasteiger charge is -2.29. The summed E-state index contributed by atoms with van der Waals surface area (Å²) in [4.78, 5) is 14.2. The molecule has 1 fully saturated rings. The molecule has 1 saturated heterocycles. The Morgan fingerprint density at radius 1 is 1.18 bits per heavy atom. The number of morpholine rings is 1. The van der Waals surface area contributed by atoms with Crippen LogP contribution in [0.2, 0.25) is 0 Å². The van der Waals surface area contributed by atoms with Crippen LogP contribution in [0.3, 0.4) is 0 Å². The van der Waals surface area contributed by atoms with E-state index in [9.17, 15) is 9.18 Å². The molecule has 2 aromatic carbocycles. The van der Waals surface area contributed by atoms with E-state index in [2.05, 4.69) is 10.5 Å². The number of amides is 1. The number of nitrogens with zero attached hydrogens (tertiary/aromatic N) is 2. The standard InChI is InChI=1S/C21H24FN3O3/c1-3-28-18-7-4-16(5-8-18)21(26)24-23-15(2)17-6-9-20(19(22)14-17)25-10-12-27-13-11-25/h4-9,14H,3,10-13H2,1-2H3,(H,24,26)/b23-15-. The van der Waals surface area contributed by atoms with Gasteiger partial charge in [0.1, 0.15) is 11.6 Å². The van der Waals surface area contributed by atoms with Crippen LogP contribution >= 0.6 is 0 Å². The van der Waals surface area contributed by atoms with E-state index in [-0.39, 0.29) is 11.7 Å². The summed E-state index contributed by atoms with van der Waals surface area (Å²) in [5.74, 6) is 0.0501. The fraction of sp³-hybridized carbons (Fsp3) is 0.333. The van der Waals surface area contributed by atoms with Crippen LogP contribution in [0.1, 0.15) is 29.8 Å². The van der Waals surface area contributed by atoms with Crippen molar-refractivity contribution in [2.75, 3.05) is 37.8 Å². The Bertz CT molecular complexity index is 846. The van der Waals surface area contributed by atoms with Crippen LogP contribution in [0.15, 0.2) is 47.6 Å². The second-order valence-electron chi connectivity index (χ2n) is 6.36. The van der Waals surface area contributed by atoms with E-state index in [4.69, 9.17) is 9.47 Å². The van der Waals surface area contributed by atoms with Gasteiger partial charge in [-0.25, -0.2) is 9.82 Å². The van der Waals surface area contributed by atoms with E-state index < -0.39 is 0 Å². The van der Waals surface area contributed by atoms with Crippen LogP contribution in [0.4, 0.5) is 10.1 Å². The van der Waals surface area contributed by atoms with E-state index in [1.807, 2.05) is 11.8 Å². The highest BCUT2D eigenvalue weighted by Crippen LogP contribution is 2.22. The van der Waals surface area contributed by atoms with Gasteiger partial charge in [0, 0.05) is 24.2 Å². The zero-order valence-electron chi connectivity index (χ0n) is 16.1. The quantitative estimate of drug-likeness (QED) is 0.613.